The van der Waals surface area contributed by atoms with Crippen molar-refractivity contribution in [2.24, 2.45) is 0 Å². The first kappa shape index (κ1) is 27.4. The normalized spacial score (nSPS) is 20.7. The largest absolute Gasteiger partial charge is 0.388 e. The lowest BCUT2D eigenvalue weighted by molar-refractivity contribution is -0.136. The molecule has 9 heteroatoms. The third-order valence-electron chi connectivity index (χ3n) is 8.98. The van der Waals surface area contributed by atoms with Gasteiger partial charge in [-0.1, -0.05) is 55.5 Å². The topological polar surface area (TPSA) is 124 Å². The molecule has 2 aliphatic rings. The maximum Gasteiger partial charge on any atom is 0.281 e. The van der Waals surface area contributed by atoms with Gasteiger partial charge in [0.25, 0.3) is 5.56 Å². The smallest absolute Gasteiger partial charge is 0.281 e. The number of aromatic amines is 1. The summed E-state index contributed by atoms with van der Waals surface area (Å²) >= 11 is 0. The van der Waals surface area contributed by atoms with Gasteiger partial charge in [0, 0.05) is 25.9 Å². The quantitative estimate of drug-likeness (QED) is 0.321. The van der Waals surface area contributed by atoms with Gasteiger partial charge in [-0.2, -0.15) is 5.10 Å². The zero-order chi connectivity index (χ0) is 28.8. The summed E-state index contributed by atoms with van der Waals surface area (Å²) in [6.45, 7) is 4.90. The SMILES string of the molecule is C[C@H](CC(=O)N1CCC(O)(Cn2cnc3c(Cc4ccc5c(c4)CCC5(C)O)[nH]nc3c2=O)CC1)c1ccccc1. The molecular weight excluding hydrogens is 518 g/mol. The van der Waals surface area contributed by atoms with Crippen molar-refractivity contribution in [1.82, 2.24) is 24.6 Å². The lowest BCUT2D eigenvalue weighted by Crippen LogP contribution is -2.49. The maximum atomic E-state index is 13.3. The second kappa shape index (κ2) is 10.5. The fourth-order valence-corrected chi connectivity index (χ4v) is 6.36. The van der Waals surface area contributed by atoms with Gasteiger partial charge in [-0.05, 0) is 60.8 Å². The highest BCUT2D eigenvalue weighted by Crippen LogP contribution is 2.37. The summed E-state index contributed by atoms with van der Waals surface area (Å²) in [6, 6.07) is 16.1. The third-order valence-corrected chi connectivity index (χ3v) is 8.98. The van der Waals surface area contributed by atoms with Gasteiger partial charge in [-0.15, -0.1) is 0 Å². The van der Waals surface area contributed by atoms with E-state index in [9.17, 15) is 19.8 Å². The molecule has 1 aliphatic heterocycles. The van der Waals surface area contributed by atoms with Crippen LogP contribution >= 0.6 is 0 Å². The van der Waals surface area contributed by atoms with Crippen LogP contribution in [0.4, 0.5) is 0 Å². The van der Waals surface area contributed by atoms with E-state index in [1.54, 1.807) is 0 Å². The molecule has 2 aromatic carbocycles. The summed E-state index contributed by atoms with van der Waals surface area (Å²) in [4.78, 5) is 32.6. The summed E-state index contributed by atoms with van der Waals surface area (Å²) in [6.07, 6.45) is 4.79. The van der Waals surface area contributed by atoms with E-state index in [2.05, 4.69) is 28.2 Å². The average molecular weight is 556 g/mol. The number of aryl methyl sites for hydroxylation is 1. The van der Waals surface area contributed by atoms with Crippen LogP contribution in [0, 0.1) is 0 Å². The number of carbonyl (C=O) groups excluding carboxylic acids is 1. The first-order valence-electron chi connectivity index (χ1n) is 14.4. The van der Waals surface area contributed by atoms with E-state index in [1.165, 1.54) is 10.9 Å². The molecule has 0 radical (unpaired) electrons. The summed E-state index contributed by atoms with van der Waals surface area (Å²) in [5, 5.41) is 29.1. The van der Waals surface area contributed by atoms with E-state index < -0.39 is 11.2 Å². The van der Waals surface area contributed by atoms with Crippen LogP contribution in [-0.4, -0.2) is 59.5 Å². The maximum absolute atomic E-state index is 13.3. The standard InChI is InChI=1S/C32H37N5O4/c1-21(23-6-4-3-5-7-23)16-27(38)36-14-12-32(41,13-15-36)19-37-20-33-28-26(34-35-29(28)30(37)39)18-22-8-9-25-24(17-22)10-11-31(25,2)40/h3-9,17,20-21,40-41H,10-16,18-19H2,1-2H3,(H,34,35)/t21-,31?/m1/s1. The average Bonchev–Trinajstić information content (AvgIpc) is 3.51. The van der Waals surface area contributed by atoms with Crippen molar-refractivity contribution < 1.29 is 15.0 Å². The number of rotatable bonds is 7. The summed E-state index contributed by atoms with van der Waals surface area (Å²) in [5.41, 5.74) is 3.67. The minimum absolute atomic E-state index is 0.0847. The number of benzene rings is 2. The van der Waals surface area contributed by atoms with Gasteiger partial charge < -0.3 is 15.1 Å². The molecular formula is C32H37N5O4. The Bertz CT molecular complexity index is 1630. The molecule has 1 unspecified atom stereocenters. The molecule has 9 nitrogen and oxygen atoms in total. The highest BCUT2D eigenvalue weighted by Gasteiger charge is 2.35. The van der Waals surface area contributed by atoms with Crippen LogP contribution in [0.1, 0.15) is 73.4 Å². The number of hydrogen-bond acceptors (Lipinski definition) is 6. The van der Waals surface area contributed by atoms with Crippen LogP contribution in [0.3, 0.4) is 0 Å². The van der Waals surface area contributed by atoms with Gasteiger partial charge in [-0.25, -0.2) is 4.98 Å². The number of aromatic nitrogens is 4. The van der Waals surface area contributed by atoms with Crippen molar-refractivity contribution in [2.75, 3.05) is 13.1 Å². The second-order valence-corrected chi connectivity index (χ2v) is 12.1. The second-order valence-electron chi connectivity index (χ2n) is 12.1. The minimum Gasteiger partial charge on any atom is -0.388 e. The first-order valence-corrected chi connectivity index (χ1v) is 14.4. The molecule has 214 valence electrons. The number of fused-ring (bicyclic) bond motifs is 2. The van der Waals surface area contributed by atoms with Crippen LogP contribution in [-0.2, 0) is 29.8 Å². The fourth-order valence-electron chi connectivity index (χ4n) is 6.36. The lowest BCUT2D eigenvalue weighted by Gasteiger charge is -2.38. The molecule has 1 amide bonds. The van der Waals surface area contributed by atoms with E-state index >= 15 is 0 Å². The minimum atomic E-state index is -1.11. The molecule has 0 bridgehead atoms. The van der Waals surface area contributed by atoms with Crippen molar-refractivity contribution in [3.05, 3.63) is 93.2 Å². The van der Waals surface area contributed by atoms with Crippen molar-refractivity contribution in [2.45, 2.75) is 76.0 Å². The summed E-state index contributed by atoms with van der Waals surface area (Å²) < 4.78 is 1.43. The van der Waals surface area contributed by atoms with Crippen molar-refractivity contribution >= 4 is 16.9 Å². The number of nitrogens with zero attached hydrogens (tertiary/aromatic N) is 4. The lowest BCUT2D eigenvalue weighted by atomic mass is 9.90. The van der Waals surface area contributed by atoms with Gasteiger partial charge in [0.05, 0.1) is 29.8 Å². The van der Waals surface area contributed by atoms with Gasteiger partial charge in [0.15, 0.2) is 5.52 Å². The number of hydrogen-bond donors (Lipinski definition) is 3. The number of carbonyl (C=O) groups is 1. The molecule has 6 rings (SSSR count). The first-order chi connectivity index (χ1) is 19.6. The van der Waals surface area contributed by atoms with Gasteiger partial charge in [0.2, 0.25) is 5.91 Å². The predicted octanol–water partition coefficient (Wildman–Crippen LogP) is 3.41. The van der Waals surface area contributed by atoms with E-state index in [0.717, 1.165) is 34.4 Å². The molecule has 2 atom stereocenters. The molecule has 1 fully saturated rings. The molecule has 3 heterocycles. The molecule has 4 aromatic rings. The number of aliphatic hydroxyl groups is 2. The highest BCUT2D eigenvalue weighted by molar-refractivity contribution is 5.77. The molecule has 0 spiro atoms. The fraction of sp³-hybridized carbons (Fsp3) is 0.438. The molecule has 1 aliphatic carbocycles. The number of likely N-dealkylation sites (tertiary alicyclic amines) is 1. The molecule has 1 saturated heterocycles. The van der Waals surface area contributed by atoms with Crippen LogP contribution in [0.5, 0.6) is 0 Å². The Balaban J connectivity index is 1.10. The van der Waals surface area contributed by atoms with Crippen LogP contribution in [0.25, 0.3) is 11.0 Å². The number of nitrogens with one attached hydrogen (secondary N) is 1. The third kappa shape index (κ3) is 5.44. The molecule has 2 aromatic heterocycles. The van der Waals surface area contributed by atoms with E-state index in [-0.39, 0.29) is 29.4 Å². The Kier molecular flexibility index (Phi) is 7.03. The Labute approximate surface area is 238 Å². The monoisotopic (exact) mass is 555 g/mol. The van der Waals surface area contributed by atoms with E-state index in [1.807, 2.05) is 54.3 Å². The van der Waals surface area contributed by atoms with Crippen LogP contribution in [0.15, 0.2) is 59.7 Å². The number of piperidine rings is 1. The molecule has 41 heavy (non-hydrogen) atoms. The summed E-state index contributed by atoms with van der Waals surface area (Å²) in [5.74, 6) is 0.208. The summed E-state index contributed by atoms with van der Waals surface area (Å²) in [7, 11) is 0. The van der Waals surface area contributed by atoms with Crippen LogP contribution in [0.2, 0.25) is 0 Å². The molecule has 3 N–H and O–H groups in total. The Morgan fingerprint density at radius 2 is 1.83 bits per heavy atom. The van der Waals surface area contributed by atoms with E-state index in [4.69, 9.17) is 0 Å². The van der Waals surface area contributed by atoms with Crippen molar-refractivity contribution in [1.29, 1.82) is 0 Å². The van der Waals surface area contributed by atoms with Crippen LogP contribution < -0.4 is 5.56 Å². The zero-order valence-corrected chi connectivity index (χ0v) is 23.6. The molecule has 0 saturated carbocycles. The van der Waals surface area contributed by atoms with Gasteiger partial charge >= 0.3 is 0 Å². The number of H-pyrrole nitrogens is 1. The van der Waals surface area contributed by atoms with Crippen molar-refractivity contribution in [3.63, 3.8) is 0 Å². The predicted molar refractivity (Wildman–Crippen MR) is 156 cm³/mol. The Morgan fingerprint density at radius 1 is 1.07 bits per heavy atom. The van der Waals surface area contributed by atoms with Gasteiger partial charge in [-0.3, -0.25) is 19.3 Å². The number of amides is 1. The zero-order valence-electron chi connectivity index (χ0n) is 23.6. The van der Waals surface area contributed by atoms with Gasteiger partial charge in [0.1, 0.15) is 5.52 Å². The highest BCUT2D eigenvalue weighted by atomic mass is 16.3. The Hall–Kier alpha value is -3.82. The van der Waals surface area contributed by atoms with Crippen molar-refractivity contribution in [3.8, 4) is 0 Å². The Morgan fingerprint density at radius 3 is 2.59 bits per heavy atom. The van der Waals surface area contributed by atoms with E-state index in [0.29, 0.717) is 50.7 Å².